The van der Waals surface area contributed by atoms with Crippen LogP contribution < -0.4 is 16.2 Å². The first kappa shape index (κ1) is 17.5. The molecule has 5 nitrogen and oxygen atoms in total. The van der Waals surface area contributed by atoms with Gasteiger partial charge in [-0.05, 0) is 49.6 Å². The maximum absolute atomic E-state index is 13.1. The van der Waals surface area contributed by atoms with Crippen molar-refractivity contribution in [2.24, 2.45) is 0 Å². The summed E-state index contributed by atoms with van der Waals surface area (Å²) in [7, 11) is 0. The number of alkyl halides is 3. The molecule has 0 amide bonds. The molecule has 1 saturated heterocycles. The molecule has 1 aliphatic heterocycles. The summed E-state index contributed by atoms with van der Waals surface area (Å²) in [6.07, 6.45) is -3.05. The van der Waals surface area contributed by atoms with Crippen molar-refractivity contribution in [2.45, 2.75) is 25.1 Å². The average molecular weight is 368 g/mol. The van der Waals surface area contributed by atoms with E-state index in [1.54, 1.807) is 0 Å². The van der Waals surface area contributed by atoms with Gasteiger partial charge in [-0.1, -0.05) is 12.1 Å². The van der Waals surface area contributed by atoms with Crippen molar-refractivity contribution in [1.29, 1.82) is 5.26 Å². The van der Waals surface area contributed by atoms with Gasteiger partial charge in [0.05, 0.1) is 17.3 Å². The summed E-state index contributed by atoms with van der Waals surface area (Å²) >= 11 is 1.01. The largest absolute Gasteiger partial charge is 0.418 e. The minimum absolute atomic E-state index is 0.0424. The number of anilines is 2. The van der Waals surface area contributed by atoms with Gasteiger partial charge in [-0.3, -0.25) is 8.75 Å². The lowest BCUT2D eigenvalue weighted by atomic mass is 10.1. The fourth-order valence-electron chi connectivity index (χ4n) is 2.82. The van der Waals surface area contributed by atoms with Crippen LogP contribution in [0.1, 0.15) is 30.0 Å². The van der Waals surface area contributed by atoms with Crippen LogP contribution in [0.2, 0.25) is 0 Å². The molecular weight excluding hydrogens is 353 g/mol. The molecule has 0 radical (unpaired) electrons. The molecule has 2 N–H and O–H groups in total. The number of benzene rings is 1. The number of nitriles is 1. The van der Waals surface area contributed by atoms with E-state index in [0.29, 0.717) is 0 Å². The quantitative estimate of drug-likeness (QED) is 0.870. The number of rotatable bonds is 3. The number of hydrogen-bond donors (Lipinski definition) is 2. The molecule has 3 rings (SSSR count). The monoisotopic (exact) mass is 368 g/mol. The topological polar surface area (TPSA) is 69.8 Å². The molecule has 0 atom stereocenters. The van der Waals surface area contributed by atoms with E-state index in [9.17, 15) is 23.2 Å². The van der Waals surface area contributed by atoms with Crippen LogP contribution in [0, 0.1) is 11.3 Å². The molecule has 1 aromatic heterocycles. The van der Waals surface area contributed by atoms with E-state index >= 15 is 0 Å². The van der Waals surface area contributed by atoms with Crippen molar-refractivity contribution in [3.8, 4) is 6.07 Å². The van der Waals surface area contributed by atoms with E-state index < -0.39 is 17.3 Å². The zero-order valence-corrected chi connectivity index (χ0v) is 13.9. The maximum atomic E-state index is 13.1. The van der Waals surface area contributed by atoms with Gasteiger partial charge in [0.2, 0.25) is 0 Å². The van der Waals surface area contributed by atoms with Crippen LogP contribution in [-0.4, -0.2) is 17.0 Å². The van der Waals surface area contributed by atoms with Gasteiger partial charge in [0.1, 0.15) is 11.1 Å². The van der Waals surface area contributed by atoms with Crippen LogP contribution in [0.25, 0.3) is 0 Å². The highest BCUT2D eigenvalue weighted by atomic mass is 32.1. The van der Waals surface area contributed by atoms with Crippen molar-refractivity contribution in [3.63, 3.8) is 0 Å². The van der Waals surface area contributed by atoms with Gasteiger partial charge in [0, 0.05) is 0 Å². The standard InChI is InChI=1S/C16H15F3N4OS/c17-16(18,19)12-3-1-2-4-13(12)22-14-11(9-20)15(24)23(25-14)10-5-7-21-8-6-10/h1-4,10,21-22H,5-8H2. The Labute approximate surface area is 145 Å². The zero-order valence-electron chi connectivity index (χ0n) is 13.1. The lowest BCUT2D eigenvalue weighted by Gasteiger charge is -2.22. The molecule has 1 aromatic carbocycles. The Kier molecular flexibility index (Phi) is 4.83. The first-order chi connectivity index (χ1) is 11.9. The molecule has 0 saturated carbocycles. The van der Waals surface area contributed by atoms with Gasteiger partial charge in [-0.15, -0.1) is 0 Å². The predicted octanol–water partition coefficient (Wildman–Crippen LogP) is 3.47. The van der Waals surface area contributed by atoms with E-state index in [-0.39, 0.29) is 22.3 Å². The summed E-state index contributed by atoms with van der Waals surface area (Å²) in [5.74, 6) is 0. The van der Waals surface area contributed by atoms with Crippen LogP contribution in [0.3, 0.4) is 0 Å². The van der Waals surface area contributed by atoms with Crippen molar-refractivity contribution in [2.75, 3.05) is 18.4 Å². The predicted molar refractivity (Wildman–Crippen MR) is 89.2 cm³/mol. The highest BCUT2D eigenvalue weighted by Gasteiger charge is 2.33. The Morgan fingerprint density at radius 3 is 2.60 bits per heavy atom. The van der Waals surface area contributed by atoms with Crippen molar-refractivity contribution in [1.82, 2.24) is 9.27 Å². The zero-order chi connectivity index (χ0) is 18.0. The molecule has 132 valence electrons. The third kappa shape index (κ3) is 3.55. The van der Waals surface area contributed by atoms with Gasteiger partial charge < -0.3 is 10.6 Å². The van der Waals surface area contributed by atoms with E-state index in [1.807, 2.05) is 6.07 Å². The lowest BCUT2D eigenvalue weighted by molar-refractivity contribution is -0.136. The summed E-state index contributed by atoms with van der Waals surface area (Å²) < 4.78 is 40.9. The lowest BCUT2D eigenvalue weighted by Crippen LogP contribution is -2.32. The first-order valence-electron chi connectivity index (χ1n) is 7.71. The van der Waals surface area contributed by atoms with Crippen LogP contribution in [0.4, 0.5) is 23.9 Å². The number of nitrogens with one attached hydrogen (secondary N) is 2. The van der Waals surface area contributed by atoms with Crippen molar-refractivity contribution < 1.29 is 13.2 Å². The summed E-state index contributed by atoms with van der Waals surface area (Å²) in [5.41, 5.74) is -1.62. The second-order valence-electron chi connectivity index (χ2n) is 5.69. The Morgan fingerprint density at radius 2 is 1.96 bits per heavy atom. The molecule has 0 bridgehead atoms. The normalized spacial score (nSPS) is 15.8. The summed E-state index contributed by atoms with van der Waals surface area (Å²) in [5, 5.41) is 15.3. The SMILES string of the molecule is N#Cc1c(Nc2ccccc2C(F)(F)F)sn(C2CCNCC2)c1=O. The Morgan fingerprint density at radius 1 is 1.28 bits per heavy atom. The summed E-state index contributed by atoms with van der Waals surface area (Å²) in [6, 6.07) is 6.78. The molecular formula is C16H15F3N4OS. The Balaban J connectivity index is 1.99. The summed E-state index contributed by atoms with van der Waals surface area (Å²) in [6.45, 7) is 1.52. The van der Waals surface area contributed by atoms with Gasteiger partial charge in [0.25, 0.3) is 5.56 Å². The third-order valence-electron chi connectivity index (χ3n) is 4.06. The van der Waals surface area contributed by atoms with Crippen LogP contribution >= 0.6 is 11.5 Å². The number of piperidine rings is 1. The van der Waals surface area contributed by atoms with Gasteiger partial charge in [-0.25, -0.2) is 0 Å². The molecule has 9 heteroatoms. The van der Waals surface area contributed by atoms with Gasteiger partial charge in [-0.2, -0.15) is 18.4 Å². The second kappa shape index (κ2) is 6.90. The number of nitrogens with zero attached hydrogens (tertiary/aromatic N) is 2. The Bertz CT molecular complexity index is 859. The van der Waals surface area contributed by atoms with Crippen molar-refractivity contribution >= 4 is 22.2 Å². The fourth-order valence-corrected chi connectivity index (χ4v) is 3.93. The molecule has 1 fully saturated rings. The molecule has 2 aromatic rings. The van der Waals surface area contributed by atoms with E-state index in [1.165, 1.54) is 22.2 Å². The molecule has 1 aliphatic rings. The second-order valence-corrected chi connectivity index (χ2v) is 6.67. The van der Waals surface area contributed by atoms with Crippen LogP contribution in [0.15, 0.2) is 29.1 Å². The fraction of sp³-hybridized carbons (Fsp3) is 0.375. The van der Waals surface area contributed by atoms with E-state index in [0.717, 1.165) is 43.5 Å². The Hall–Kier alpha value is -2.31. The van der Waals surface area contributed by atoms with Gasteiger partial charge >= 0.3 is 6.18 Å². The molecule has 25 heavy (non-hydrogen) atoms. The third-order valence-corrected chi connectivity index (χ3v) is 5.21. The molecule has 2 heterocycles. The molecule has 0 unspecified atom stereocenters. The number of hydrogen-bond acceptors (Lipinski definition) is 5. The van der Waals surface area contributed by atoms with Crippen LogP contribution in [0.5, 0.6) is 0 Å². The number of para-hydroxylation sites is 1. The molecule has 0 aliphatic carbocycles. The number of halogens is 3. The highest BCUT2D eigenvalue weighted by molar-refractivity contribution is 7.11. The highest BCUT2D eigenvalue weighted by Crippen LogP contribution is 2.37. The average Bonchev–Trinajstić information content (AvgIpc) is 2.90. The van der Waals surface area contributed by atoms with Gasteiger partial charge in [0.15, 0.2) is 5.56 Å². The van der Waals surface area contributed by atoms with E-state index in [2.05, 4.69) is 10.6 Å². The first-order valence-corrected chi connectivity index (χ1v) is 8.49. The smallest absolute Gasteiger partial charge is 0.344 e. The molecule has 0 spiro atoms. The minimum atomic E-state index is -4.53. The number of aromatic nitrogens is 1. The van der Waals surface area contributed by atoms with Crippen molar-refractivity contribution in [3.05, 3.63) is 45.7 Å². The van der Waals surface area contributed by atoms with Crippen LogP contribution in [-0.2, 0) is 6.18 Å². The van der Waals surface area contributed by atoms with E-state index in [4.69, 9.17) is 0 Å². The summed E-state index contributed by atoms with van der Waals surface area (Å²) in [4.78, 5) is 12.5. The maximum Gasteiger partial charge on any atom is 0.418 e. The minimum Gasteiger partial charge on any atom is -0.344 e.